The van der Waals surface area contributed by atoms with Crippen molar-refractivity contribution < 1.29 is 110 Å². The largest absolute Gasteiger partial charge is 0.455 e. The number of hydrogen-bond donors (Lipinski definition) is 6. The topological polar surface area (TPSA) is 348 Å². The summed E-state index contributed by atoms with van der Waals surface area (Å²) < 4.78 is 76.6. The molecule has 4 amide bonds. The SMILES string of the molecule is CC(=O)O[C@H]1C(=O)[C@@]2(C)[C@H](C(OC(=O)c3ccccc3)[C@]3(O)CC(OC(=O)[C@H](OC(=O)CCCCSSCCOC(=O)N=C4CCN(C5OC(CO)C(O)C5(F)F)C(=O)N4)[C@@H](NC(=O)c4ccccc4)c4ccccc4)C(C)=C1C3(C)C)[C@]1(OC(C)=O)CO[C@@H]1C[C@@H]2O. The van der Waals surface area contributed by atoms with Gasteiger partial charge in [0.1, 0.15) is 48.5 Å². The molecule has 2 saturated carbocycles. The van der Waals surface area contributed by atoms with Gasteiger partial charge in [-0.05, 0) is 67.7 Å². The molecule has 9 rings (SSSR count). The highest BCUT2D eigenvalue weighted by Gasteiger charge is 2.78. The first kappa shape index (κ1) is 69.9. The van der Waals surface area contributed by atoms with E-state index in [1.165, 1.54) is 73.5 Å². The van der Waals surface area contributed by atoms with Gasteiger partial charge in [0.15, 0.2) is 23.6 Å². The predicted octanol–water partition coefficient (Wildman–Crippen LogP) is 5.50. The minimum atomic E-state index is -3.88. The number of amidine groups is 1. The number of ketones is 1. The van der Waals surface area contributed by atoms with E-state index in [1.807, 2.05) is 0 Å². The van der Waals surface area contributed by atoms with E-state index in [9.17, 15) is 62.8 Å². The molecule has 0 spiro atoms. The first-order valence-electron chi connectivity index (χ1n) is 30.2. The Kier molecular flexibility index (Phi) is 21.6. The molecular formula is C64H74F2N4O21S2. The zero-order valence-corrected chi connectivity index (χ0v) is 53.3. The van der Waals surface area contributed by atoms with Crippen molar-refractivity contribution in [2.45, 2.75) is 158 Å². The first-order valence-corrected chi connectivity index (χ1v) is 32.7. The summed E-state index contributed by atoms with van der Waals surface area (Å²) in [6.45, 7) is 6.36. The van der Waals surface area contributed by atoms with Crippen LogP contribution in [0.3, 0.4) is 0 Å². The number of halogens is 2. The quantitative estimate of drug-likeness (QED) is 0.0238. The Balaban J connectivity index is 0.939. The lowest BCUT2D eigenvalue weighted by Crippen LogP contribution is -2.82. The Morgan fingerprint density at radius 3 is 2.11 bits per heavy atom. The molecule has 2 bridgehead atoms. The van der Waals surface area contributed by atoms with Crippen LogP contribution in [0.4, 0.5) is 18.4 Å². The van der Waals surface area contributed by atoms with Crippen LogP contribution in [0.15, 0.2) is 107 Å². The molecule has 14 atom stereocenters. The molecule has 6 N–H and O–H groups in total. The molecular weight excluding hydrogens is 1260 g/mol. The van der Waals surface area contributed by atoms with Crippen molar-refractivity contribution in [1.29, 1.82) is 0 Å². The van der Waals surface area contributed by atoms with Crippen molar-refractivity contribution >= 4 is 81.1 Å². The number of fused-ring (bicyclic) bond motifs is 5. The fraction of sp³-hybridized carbons (Fsp3) is 0.531. The van der Waals surface area contributed by atoms with Crippen molar-refractivity contribution in [3.8, 4) is 0 Å². The molecule has 3 saturated heterocycles. The fourth-order valence-electron chi connectivity index (χ4n) is 13.4. The molecule has 25 nitrogen and oxygen atoms in total. The van der Waals surface area contributed by atoms with Crippen LogP contribution in [0.25, 0.3) is 0 Å². The van der Waals surface area contributed by atoms with Crippen LogP contribution in [0, 0.1) is 16.7 Å². The third-order valence-corrected chi connectivity index (χ3v) is 20.7. The Hall–Kier alpha value is -7.38. The molecule has 0 aromatic heterocycles. The molecule has 93 heavy (non-hydrogen) atoms. The third kappa shape index (κ3) is 14.1. The van der Waals surface area contributed by atoms with Gasteiger partial charge in [-0.1, -0.05) is 102 Å². The zero-order valence-electron chi connectivity index (χ0n) is 51.7. The summed E-state index contributed by atoms with van der Waals surface area (Å²) in [5, 5.41) is 50.6. The number of aliphatic hydroxyl groups excluding tert-OH is 3. The van der Waals surface area contributed by atoms with Crippen molar-refractivity contribution in [1.82, 2.24) is 15.5 Å². The Bertz CT molecular complexity index is 3390. The normalized spacial score (nSPS) is 30.3. The fourth-order valence-corrected chi connectivity index (χ4v) is 15.4. The lowest BCUT2D eigenvalue weighted by molar-refractivity contribution is -0.346. The van der Waals surface area contributed by atoms with E-state index in [-0.39, 0.29) is 79.3 Å². The van der Waals surface area contributed by atoms with E-state index in [1.54, 1.807) is 66.7 Å². The van der Waals surface area contributed by atoms with E-state index in [0.29, 0.717) is 22.6 Å². The first-order chi connectivity index (χ1) is 44.1. The smallest absolute Gasteiger partial charge is 0.435 e. The number of alkyl halides is 2. The van der Waals surface area contributed by atoms with Crippen molar-refractivity contribution in [3.63, 3.8) is 0 Å². The zero-order chi connectivity index (χ0) is 67.4. The lowest BCUT2D eigenvalue weighted by Gasteiger charge is -2.67. The standard InChI is InChI=1S/C64H74F2N4O21S2/c1-34-40(31-63(83)53(90-55(79)39-22-14-9-15-23-39)50-61(6,42(74)30-43-62(50,33-85-43)91-36(3)73)52(77)48(86-35(2)72)46(34)60(63,4)5)87-56(80)49(47(37-18-10-7-11-19-37)69-54(78)38-20-12-8-13-21-38)89-45(75)24-16-17-28-92-93-29-27-84-59(82)68-44-25-26-70(58(81)67-44)57-64(65,66)51(76)41(32-71)88-57/h7-15,18-23,40-43,47-51,53,57,71,74,76,83H,16-17,24-33H2,1-6H3,(H,69,78)(H,67,68,81,82)/t40?,41?,42-,43+,47-,48+,49+,50-,51?,53?,57?,61+,62-,63+/m0/s1. The van der Waals surface area contributed by atoms with Crippen LogP contribution in [-0.4, -0.2) is 195 Å². The second-order valence-electron chi connectivity index (χ2n) is 24.3. The minimum absolute atomic E-state index is 0.0125. The molecule has 6 aliphatic rings. The molecule has 5 unspecified atom stereocenters. The van der Waals surface area contributed by atoms with Gasteiger partial charge in [0.2, 0.25) is 12.3 Å². The molecule has 502 valence electrons. The summed E-state index contributed by atoms with van der Waals surface area (Å²) in [4.78, 5) is 130. The van der Waals surface area contributed by atoms with E-state index < -0.39 is 162 Å². The summed E-state index contributed by atoms with van der Waals surface area (Å²) in [6.07, 6.45) is -18.1. The number of rotatable bonds is 22. The highest BCUT2D eigenvalue weighted by atomic mass is 33.1. The number of unbranched alkanes of at least 4 members (excludes halogenated alkanes) is 1. The van der Waals surface area contributed by atoms with Crippen LogP contribution >= 0.6 is 21.6 Å². The maximum Gasteiger partial charge on any atom is 0.435 e. The van der Waals surface area contributed by atoms with Gasteiger partial charge in [-0.3, -0.25) is 34.2 Å². The number of aliphatic hydroxyl groups is 4. The molecule has 3 heterocycles. The molecule has 3 aromatic rings. The molecule has 29 heteroatoms. The van der Waals surface area contributed by atoms with Crippen LogP contribution < -0.4 is 10.6 Å². The summed E-state index contributed by atoms with van der Waals surface area (Å²) >= 11 is 0. The number of amides is 4. The highest BCUT2D eigenvalue weighted by molar-refractivity contribution is 8.76. The van der Waals surface area contributed by atoms with Gasteiger partial charge in [0.05, 0.1) is 36.2 Å². The highest BCUT2D eigenvalue weighted by Crippen LogP contribution is 2.64. The van der Waals surface area contributed by atoms with Crippen molar-refractivity contribution in [2.75, 3.05) is 37.9 Å². The van der Waals surface area contributed by atoms with Gasteiger partial charge in [0, 0.05) is 68.6 Å². The minimum Gasteiger partial charge on any atom is -0.455 e. The number of nitrogens with zero attached hydrogens (tertiary/aromatic N) is 2. The number of Topliss-reactive ketones (excluding diaryl/α,β-unsaturated/α-hetero) is 1. The number of urea groups is 1. The third-order valence-electron chi connectivity index (χ3n) is 18.2. The molecule has 5 fully saturated rings. The summed E-state index contributed by atoms with van der Waals surface area (Å²) in [5.41, 5.74) is -7.82. The second kappa shape index (κ2) is 28.7. The van der Waals surface area contributed by atoms with E-state index in [0.717, 1.165) is 13.8 Å². The van der Waals surface area contributed by atoms with Crippen molar-refractivity contribution in [2.24, 2.45) is 21.7 Å². The number of benzene rings is 3. The Morgan fingerprint density at radius 1 is 0.860 bits per heavy atom. The van der Waals surface area contributed by atoms with Crippen molar-refractivity contribution in [3.05, 3.63) is 119 Å². The van der Waals surface area contributed by atoms with Gasteiger partial charge in [-0.15, -0.1) is 0 Å². The Morgan fingerprint density at radius 2 is 1.51 bits per heavy atom. The lowest BCUT2D eigenvalue weighted by atomic mass is 9.44. The van der Waals surface area contributed by atoms with Gasteiger partial charge >= 0.3 is 47.9 Å². The van der Waals surface area contributed by atoms with Crippen LogP contribution in [-0.2, 0) is 61.9 Å². The molecule has 0 radical (unpaired) electrons. The van der Waals surface area contributed by atoms with E-state index in [2.05, 4.69) is 15.6 Å². The number of aliphatic imine (C=N–C) groups is 1. The predicted molar refractivity (Wildman–Crippen MR) is 326 cm³/mol. The summed E-state index contributed by atoms with van der Waals surface area (Å²) in [7, 11) is 2.71. The van der Waals surface area contributed by atoms with Gasteiger partial charge in [-0.2, -0.15) is 13.8 Å². The Labute approximate surface area is 541 Å². The molecule has 3 aliphatic heterocycles. The summed E-state index contributed by atoms with van der Waals surface area (Å²) in [5.74, 6) is -11.4. The second-order valence-corrected chi connectivity index (χ2v) is 27.0. The summed E-state index contributed by atoms with van der Waals surface area (Å²) in [6, 6.07) is 21.3. The number of ether oxygens (including phenoxy) is 8. The van der Waals surface area contributed by atoms with Gasteiger partial charge in [-0.25, -0.2) is 19.2 Å². The number of carbonyl (C=O) groups excluding carboxylic acids is 9. The molecule has 3 aromatic carbocycles. The average Bonchev–Trinajstić information content (AvgIpc) is 1.02. The number of nitrogens with one attached hydrogen (secondary N) is 2. The number of carbonyl (C=O) groups is 9. The van der Waals surface area contributed by atoms with Crippen LogP contribution in [0.1, 0.15) is 112 Å². The van der Waals surface area contributed by atoms with Crippen LogP contribution in [0.5, 0.6) is 0 Å². The van der Waals surface area contributed by atoms with Crippen LogP contribution in [0.2, 0.25) is 0 Å². The van der Waals surface area contributed by atoms with Gasteiger partial charge < -0.3 is 63.6 Å². The maximum atomic E-state index is 15.9. The van der Waals surface area contributed by atoms with Gasteiger partial charge in [0.25, 0.3) is 5.91 Å². The number of hydrogen-bond acceptors (Lipinski definition) is 23. The average molecular weight is 1340 g/mol. The van der Waals surface area contributed by atoms with E-state index >= 15 is 9.59 Å². The monoisotopic (exact) mass is 1340 g/mol. The van der Waals surface area contributed by atoms with E-state index in [4.69, 9.17) is 37.9 Å². The number of esters is 5. The maximum absolute atomic E-state index is 15.9. The molecule has 3 aliphatic carbocycles.